The standard InChI is InChI=1S/C26H35N3O2/c1-28-17-18-31-24-10-3-2-8-23(24)9-4-5-11-26(21-28)12-15-29(16-13-26)25(30)19-22-7-6-14-27-20-22/h2-3,6-8,10,14,20H,4-5,9,11-13,15-19,21H2,1H3. The molecule has 1 fully saturated rings. The molecule has 0 bridgehead atoms. The molecule has 2 aromatic rings. The summed E-state index contributed by atoms with van der Waals surface area (Å²) in [6.07, 6.45) is 10.9. The summed E-state index contributed by atoms with van der Waals surface area (Å²) in [7, 11) is 2.21. The Bertz CT molecular complexity index is 847. The van der Waals surface area contributed by atoms with Gasteiger partial charge in [-0.15, -0.1) is 0 Å². The van der Waals surface area contributed by atoms with E-state index >= 15 is 0 Å². The van der Waals surface area contributed by atoms with Gasteiger partial charge in [0.25, 0.3) is 0 Å². The number of hydrogen-bond donors (Lipinski definition) is 0. The number of likely N-dealkylation sites (N-methyl/N-ethyl adjacent to an activating group) is 1. The van der Waals surface area contributed by atoms with Crippen LogP contribution in [0.4, 0.5) is 0 Å². The molecular formula is C26H35N3O2. The lowest BCUT2D eigenvalue weighted by molar-refractivity contribution is -0.133. The van der Waals surface area contributed by atoms with Crippen molar-refractivity contribution in [2.45, 2.75) is 44.9 Å². The minimum absolute atomic E-state index is 0.231. The molecule has 2 aliphatic rings. The fraction of sp³-hybridized carbons (Fsp3) is 0.538. The third-order valence-corrected chi connectivity index (χ3v) is 6.97. The lowest BCUT2D eigenvalue weighted by Gasteiger charge is -2.44. The topological polar surface area (TPSA) is 45.7 Å². The van der Waals surface area contributed by atoms with Crippen LogP contribution in [-0.4, -0.2) is 60.5 Å². The van der Waals surface area contributed by atoms with Crippen molar-refractivity contribution in [1.29, 1.82) is 0 Å². The first-order valence-corrected chi connectivity index (χ1v) is 11.7. The van der Waals surface area contributed by atoms with Gasteiger partial charge in [0, 0.05) is 38.6 Å². The van der Waals surface area contributed by atoms with Gasteiger partial charge in [-0.1, -0.05) is 30.7 Å². The first-order chi connectivity index (χ1) is 15.1. The lowest BCUT2D eigenvalue weighted by Crippen LogP contribution is -2.48. The van der Waals surface area contributed by atoms with E-state index in [1.165, 1.54) is 24.8 Å². The fourth-order valence-corrected chi connectivity index (χ4v) is 5.14. The number of rotatable bonds is 2. The Hall–Kier alpha value is -2.40. The summed E-state index contributed by atoms with van der Waals surface area (Å²) in [6, 6.07) is 12.4. The summed E-state index contributed by atoms with van der Waals surface area (Å²) in [5, 5.41) is 0. The number of piperidine rings is 1. The molecule has 1 spiro atoms. The Kier molecular flexibility index (Phi) is 7.23. The van der Waals surface area contributed by atoms with E-state index in [0.29, 0.717) is 11.8 Å². The van der Waals surface area contributed by atoms with Crippen LogP contribution in [0.1, 0.15) is 43.2 Å². The summed E-state index contributed by atoms with van der Waals surface area (Å²) >= 11 is 0. The molecular weight excluding hydrogens is 386 g/mol. The van der Waals surface area contributed by atoms with Gasteiger partial charge in [0.1, 0.15) is 12.4 Å². The second kappa shape index (κ2) is 10.3. The van der Waals surface area contributed by atoms with Gasteiger partial charge in [-0.05, 0) is 67.8 Å². The average Bonchev–Trinajstić information content (AvgIpc) is 2.78. The van der Waals surface area contributed by atoms with Crippen LogP contribution in [0.15, 0.2) is 48.8 Å². The Morgan fingerprint density at radius 2 is 1.90 bits per heavy atom. The lowest BCUT2D eigenvalue weighted by atomic mass is 9.73. The second-order valence-corrected chi connectivity index (χ2v) is 9.32. The molecule has 0 N–H and O–H groups in total. The van der Waals surface area contributed by atoms with E-state index in [4.69, 9.17) is 4.74 Å². The van der Waals surface area contributed by atoms with Crippen LogP contribution in [0.5, 0.6) is 5.75 Å². The highest BCUT2D eigenvalue weighted by molar-refractivity contribution is 5.78. The van der Waals surface area contributed by atoms with Gasteiger partial charge in [-0.25, -0.2) is 0 Å². The number of amides is 1. The molecule has 2 aliphatic heterocycles. The van der Waals surface area contributed by atoms with Crippen LogP contribution in [0.2, 0.25) is 0 Å². The summed E-state index contributed by atoms with van der Waals surface area (Å²) < 4.78 is 6.11. The van der Waals surface area contributed by atoms with Crippen LogP contribution >= 0.6 is 0 Å². The van der Waals surface area contributed by atoms with Crippen LogP contribution in [0.25, 0.3) is 0 Å². The summed E-state index contributed by atoms with van der Waals surface area (Å²) in [5.74, 6) is 1.28. The normalized spacial score (nSPS) is 20.2. The molecule has 1 aromatic heterocycles. The maximum atomic E-state index is 12.8. The summed E-state index contributed by atoms with van der Waals surface area (Å²) in [6.45, 7) is 4.47. The Balaban J connectivity index is 1.36. The van der Waals surface area contributed by atoms with E-state index in [-0.39, 0.29) is 5.91 Å². The summed E-state index contributed by atoms with van der Waals surface area (Å²) in [4.78, 5) is 21.4. The smallest absolute Gasteiger partial charge is 0.227 e. The zero-order valence-electron chi connectivity index (χ0n) is 18.8. The number of benzene rings is 1. The zero-order valence-corrected chi connectivity index (χ0v) is 18.8. The molecule has 1 saturated heterocycles. The van der Waals surface area contributed by atoms with E-state index in [1.54, 1.807) is 12.4 Å². The number of pyridine rings is 1. The van der Waals surface area contributed by atoms with E-state index in [1.807, 2.05) is 12.1 Å². The molecule has 1 aromatic carbocycles. The number of para-hydroxylation sites is 1. The van der Waals surface area contributed by atoms with Gasteiger partial charge in [-0.3, -0.25) is 9.78 Å². The summed E-state index contributed by atoms with van der Waals surface area (Å²) in [5.41, 5.74) is 2.63. The number of aromatic nitrogens is 1. The molecule has 1 amide bonds. The number of carbonyl (C=O) groups excluding carboxylic acids is 1. The first-order valence-electron chi connectivity index (χ1n) is 11.7. The van der Waals surface area contributed by atoms with E-state index < -0.39 is 0 Å². The predicted octanol–water partition coefficient (Wildman–Crippen LogP) is 3.97. The quantitative estimate of drug-likeness (QED) is 0.736. The highest BCUT2D eigenvalue weighted by atomic mass is 16.5. The molecule has 4 rings (SSSR count). The van der Waals surface area contributed by atoms with Gasteiger partial charge in [0.2, 0.25) is 5.91 Å². The third kappa shape index (κ3) is 5.85. The van der Waals surface area contributed by atoms with Crippen LogP contribution in [-0.2, 0) is 17.6 Å². The van der Waals surface area contributed by atoms with Crippen molar-refractivity contribution in [1.82, 2.24) is 14.8 Å². The van der Waals surface area contributed by atoms with Gasteiger partial charge in [0.05, 0.1) is 6.42 Å². The van der Waals surface area contributed by atoms with E-state index in [2.05, 4.69) is 46.1 Å². The second-order valence-electron chi connectivity index (χ2n) is 9.32. The maximum Gasteiger partial charge on any atom is 0.227 e. The average molecular weight is 422 g/mol. The number of likely N-dealkylation sites (tertiary alicyclic amines) is 1. The molecule has 5 heteroatoms. The van der Waals surface area contributed by atoms with Crippen LogP contribution in [0, 0.1) is 5.41 Å². The highest BCUT2D eigenvalue weighted by Crippen LogP contribution is 2.38. The van der Waals surface area contributed by atoms with Gasteiger partial charge in [-0.2, -0.15) is 0 Å². The largest absolute Gasteiger partial charge is 0.492 e. The number of ether oxygens (including phenoxy) is 1. The Morgan fingerprint density at radius 1 is 1.06 bits per heavy atom. The number of nitrogens with zero attached hydrogens (tertiary/aromatic N) is 3. The minimum Gasteiger partial charge on any atom is -0.492 e. The monoisotopic (exact) mass is 421 g/mol. The molecule has 5 nitrogen and oxygen atoms in total. The predicted molar refractivity (Wildman–Crippen MR) is 123 cm³/mol. The number of fused-ring (bicyclic) bond motifs is 1. The molecule has 0 aliphatic carbocycles. The fourth-order valence-electron chi connectivity index (χ4n) is 5.14. The van der Waals surface area contributed by atoms with E-state index in [0.717, 1.165) is 63.4 Å². The number of carbonyl (C=O) groups is 1. The molecule has 0 saturated carbocycles. The van der Waals surface area contributed by atoms with Gasteiger partial charge in [0.15, 0.2) is 0 Å². The van der Waals surface area contributed by atoms with E-state index in [9.17, 15) is 4.79 Å². The first kappa shape index (κ1) is 21.8. The molecule has 0 unspecified atom stereocenters. The molecule has 31 heavy (non-hydrogen) atoms. The minimum atomic E-state index is 0.231. The third-order valence-electron chi connectivity index (χ3n) is 6.97. The van der Waals surface area contributed by atoms with Crippen molar-refractivity contribution in [3.63, 3.8) is 0 Å². The zero-order chi connectivity index (χ0) is 21.5. The van der Waals surface area contributed by atoms with Crippen molar-refractivity contribution < 1.29 is 9.53 Å². The van der Waals surface area contributed by atoms with Crippen molar-refractivity contribution in [3.05, 3.63) is 59.9 Å². The van der Waals surface area contributed by atoms with Crippen LogP contribution in [0.3, 0.4) is 0 Å². The SMILES string of the molecule is CN1CCOc2ccccc2CCCCC2(CCN(C(=O)Cc3cccnc3)CC2)C1. The van der Waals surface area contributed by atoms with Crippen molar-refractivity contribution in [3.8, 4) is 5.75 Å². The van der Waals surface area contributed by atoms with Gasteiger partial charge >= 0.3 is 0 Å². The maximum absolute atomic E-state index is 12.8. The number of aryl methyl sites for hydroxylation is 1. The Labute approximate surface area is 186 Å². The molecule has 0 radical (unpaired) electrons. The molecule has 166 valence electrons. The van der Waals surface area contributed by atoms with Crippen LogP contribution < -0.4 is 4.74 Å². The van der Waals surface area contributed by atoms with Gasteiger partial charge < -0.3 is 14.5 Å². The number of hydrogen-bond acceptors (Lipinski definition) is 4. The molecule has 0 atom stereocenters. The Morgan fingerprint density at radius 3 is 2.71 bits per heavy atom. The molecule has 3 heterocycles. The van der Waals surface area contributed by atoms with Crippen molar-refractivity contribution in [2.24, 2.45) is 5.41 Å². The van der Waals surface area contributed by atoms with Crippen molar-refractivity contribution >= 4 is 5.91 Å². The van der Waals surface area contributed by atoms with Crippen molar-refractivity contribution in [2.75, 3.05) is 39.8 Å². The highest BCUT2D eigenvalue weighted by Gasteiger charge is 2.36.